The van der Waals surface area contributed by atoms with Crippen LogP contribution in [0.1, 0.15) is 25.5 Å². The third-order valence-corrected chi connectivity index (χ3v) is 5.69. The molecule has 146 valence electrons. The summed E-state index contributed by atoms with van der Waals surface area (Å²) in [6, 6.07) is 13.7. The number of carbonyl (C=O) groups is 1. The lowest BCUT2D eigenvalue weighted by molar-refractivity contribution is -0.119. The molecule has 2 aromatic carbocycles. The van der Waals surface area contributed by atoms with E-state index in [0.29, 0.717) is 19.0 Å². The molecule has 6 nitrogen and oxygen atoms in total. The van der Waals surface area contributed by atoms with Crippen LogP contribution in [0, 0.1) is 0 Å². The Kier molecular flexibility index (Phi) is 5.43. The number of imidazole rings is 1. The van der Waals surface area contributed by atoms with Crippen molar-refractivity contribution >= 4 is 28.7 Å². The molecule has 3 aromatic rings. The van der Waals surface area contributed by atoms with Crippen LogP contribution in [0.2, 0.25) is 0 Å². The van der Waals surface area contributed by atoms with Crippen LogP contribution in [-0.2, 0) is 11.3 Å². The first-order valence-corrected chi connectivity index (χ1v) is 10.4. The summed E-state index contributed by atoms with van der Waals surface area (Å²) in [5.41, 5.74) is 3.04. The van der Waals surface area contributed by atoms with Gasteiger partial charge in [-0.25, -0.2) is 4.98 Å². The SMILES string of the molecule is CCn1c(SCC(=O)NC(C)c2ccc3c(c2)OCCO3)nc2ccccc21. The highest BCUT2D eigenvalue weighted by Gasteiger charge is 2.17. The van der Waals surface area contributed by atoms with Gasteiger partial charge in [0.1, 0.15) is 13.2 Å². The van der Waals surface area contributed by atoms with Crippen LogP contribution in [0.3, 0.4) is 0 Å². The topological polar surface area (TPSA) is 65.4 Å². The number of hydrogen-bond donors (Lipinski definition) is 1. The van der Waals surface area contributed by atoms with Crippen molar-refractivity contribution in [1.29, 1.82) is 0 Å². The van der Waals surface area contributed by atoms with Crippen molar-refractivity contribution in [2.45, 2.75) is 31.6 Å². The number of amides is 1. The van der Waals surface area contributed by atoms with Crippen LogP contribution in [0.25, 0.3) is 11.0 Å². The van der Waals surface area contributed by atoms with Gasteiger partial charge in [0.25, 0.3) is 0 Å². The van der Waals surface area contributed by atoms with Crippen molar-refractivity contribution in [1.82, 2.24) is 14.9 Å². The Bertz CT molecular complexity index is 1000. The summed E-state index contributed by atoms with van der Waals surface area (Å²) in [5.74, 6) is 1.78. The number of fused-ring (bicyclic) bond motifs is 2. The maximum absolute atomic E-state index is 12.5. The maximum atomic E-state index is 12.5. The largest absolute Gasteiger partial charge is 0.486 e. The third kappa shape index (κ3) is 3.80. The van der Waals surface area contributed by atoms with Gasteiger partial charge in [-0.15, -0.1) is 0 Å². The highest BCUT2D eigenvalue weighted by Crippen LogP contribution is 2.32. The quantitative estimate of drug-likeness (QED) is 0.641. The number of nitrogens with zero attached hydrogens (tertiary/aromatic N) is 2. The molecule has 0 saturated heterocycles. The van der Waals surface area contributed by atoms with Crippen molar-refractivity contribution in [3.63, 3.8) is 0 Å². The fourth-order valence-electron chi connectivity index (χ4n) is 3.30. The zero-order chi connectivity index (χ0) is 19.5. The van der Waals surface area contributed by atoms with Gasteiger partial charge in [-0.3, -0.25) is 4.79 Å². The summed E-state index contributed by atoms with van der Waals surface area (Å²) < 4.78 is 13.3. The Morgan fingerprint density at radius 1 is 1.21 bits per heavy atom. The second-order valence-corrected chi connectivity index (χ2v) is 7.55. The number of nitrogens with one attached hydrogen (secondary N) is 1. The molecule has 2 heterocycles. The minimum Gasteiger partial charge on any atom is -0.486 e. The molecule has 0 spiro atoms. The van der Waals surface area contributed by atoms with Gasteiger partial charge in [0.15, 0.2) is 16.7 Å². The number of hydrogen-bond acceptors (Lipinski definition) is 5. The van der Waals surface area contributed by atoms with Crippen LogP contribution >= 0.6 is 11.8 Å². The summed E-state index contributed by atoms with van der Waals surface area (Å²) in [6.07, 6.45) is 0. The number of aryl methyl sites for hydroxylation is 1. The molecule has 1 amide bonds. The summed E-state index contributed by atoms with van der Waals surface area (Å²) >= 11 is 1.46. The smallest absolute Gasteiger partial charge is 0.230 e. The molecule has 1 N–H and O–H groups in total. The average Bonchev–Trinajstić information content (AvgIpc) is 3.09. The molecule has 0 aliphatic carbocycles. The van der Waals surface area contributed by atoms with Crippen LogP contribution in [0.5, 0.6) is 11.5 Å². The van der Waals surface area contributed by atoms with Crippen molar-refractivity contribution in [3.8, 4) is 11.5 Å². The fraction of sp³-hybridized carbons (Fsp3) is 0.333. The number of aromatic nitrogens is 2. The van der Waals surface area contributed by atoms with Gasteiger partial charge in [-0.1, -0.05) is 30.0 Å². The van der Waals surface area contributed by atoms with E-state index in [1.54, 1.807) is 0 Å². The summed E-state index contributed by atoms with van der Waals surface area (Å²) in [7, 11) is 0. The Morgan fingerprint density at radius 3 is 2.82 bits per heavy atom. The van der Waals surface area contributed by atoms with E-state index in [1.807, 2.05) is 43.3 Å². The number of carbonyl (C=O) groups excluding carboxylic acids is 1. The molecule has 1 unspecified atom stereocenters. The molecule has 1 aliphatic rings. The van der Waals surface area contributed by atoms with Gasteiger partial charge in [0.2, 0.25) is 5.91 Å². The van der Waals surface area contributed by atoms with E-state index >= 15 is 0 Å². The molecule has 1 aliphatic heterocycles. The molecule has 28 heavy (non-hydrogen) atoms. The number of benzene rings is 2. The molecular weight excluding hydrogens is 374 g/mol. The summed E-state index contributed by atoms with van der Waals surface area (Å²) in [4.78, 5) is 17.1. The first-order valence-electron chi connectivity index (χ1n) is 9.42. The molecular formula is C21H23N3O3S. The van der Waals surface area contributed by atoms with Gasteiger partial charge in [-0.05, 0) is 43.7 Å². The second kappa shape index (κ2) is 8.14. The first-order chi connectivity index (χ1) is 13.7. The Morgan fingerprint density at radius 2 is 2.00 bits per heavy atom. The van der Waals surface area contributed by atoms with E-state index < -0.39 is 0 Å². The third-order valence-electron chi connectivity index (χ3n) is 4.71. The van der Waals surface area contributed by atoms with E-state index in [9.17, 15) is 4.79 Å². The minimum absolute atomic E-state index is 0.0258. The highest BCUT2D eigenvalue weighted by atomic mass is 32.2. The standard InChI is InChI=1S/C21H23N3O3S/c1-3-24-17-7-5-4-6-16(17)23-21(24)28-13-20(25)22-14(2)15-8-9-18-19(12-15)27-11-10-26-18/h4-9,12,14H,3,10-11,13H2,1-2H3,(H,22,25). The lowest BCUT2D eigenvalue weighted by atomic mass is 10.1. The van der Waals surface area contributed by atoms with Crippen LogP contribution in [0.15, 0.2) is 47.6 Å². The maximum Gasteiger partial charge on any atom is 0.230 e. The van der Waals surface area contributed by atoms with Gasteiger partial charge in [-0.2, -0.15) is 0 Å². The number of para-hydroxylation sites is 2. The molecule has 0 saturated carbocycles. The lowest BCUT2D eigenvalue weighted by Crippen LogP contribution is -2.28. The number of thioether (sulfide) groups is 1. The zero-order valence-electron chi connectivity index (χ0n) is 16.0. The van der Waals surface area contributed by atoms with E-state index in [1.165, 1.54) is 11.8 Å². The molecule has 1 aromatic heterocycles. The van der Waals surface area contributed by atoms with Crippen molar-refractivity contribution < 1.29 is 14.3 Å². The van der Waals surface area contributed by atoms with Crippen molar-refractivity contribution in [3.05, 3.63) is 48.0 Å². The second-order valence-electron chi connectivity index (χ2n) is 6.61. The normalized spacial score (nSPS) is 14.1. The Hall–Kier alpha value is -2.67. The summed E-state index contributed by atoms with van der Waals surface area (Å²) in [5, 5.41) is 3.92. The van der Waals surface area contributed by atoms with E-state index in [0.717, 1.165) is 39.8 Å². The predicted molar refractivity (Wildman–Crippen MR) is 110 cm³/mol. The van der Waals surface area contributed by atoms with Crippen LogP contribution in [-0.4, -0.2) is 34.4 Å². The summed E-state index contributed by atoms with van der Waals surface area (Å²) in [6.45, 7) is 5.99. The van der Waals surface area contributed by atoms with Gasteiger partial charge >= 0.3 is 0 Å². The lowest BCUT2D eigenvalue weighted by Gasteiger charge is -2.21. The molecule has 0 fully saturated rings. The Labute approximate surface area is 168 Å². The zero-order valence-corrected chi connectivity index (χ0v) is 16.8. The van der Waals surface area contributed by atoms with Crippen molar-refractivity contribution in [2.75, 3.05) is 19.0 Å². The number of rotatable bonds is 6. The van der Waals surface area contributed by atoms with E-state index in [2.05, 4.69) is 27.9 Å². The van der Waals surface area contributed by atoms with E-state index in [-0.39, 0.29) is 11.9 Å². The van der Waals surface area contributed by atoms with Crippen LogP contribution in [0.4, 0.5) is 0 Å². The van der Waals surface area contributed by atoms with Gasteiger partial charge in [0.05, 0.1) is 22.8 Å². The Balaban J connectivity index is 1.39. The fourth-order valence-corrected chi connectivity index (χ4v) is 4.18. The molecule has 0 radical (unpaired) electrons. The average molecular weight is 398 g/mol. The van der Waals surface area contributed by atoms with Gasteiger partial charge < -0.3 is 19.4 Å². The number of ether oxygens (including phenoxy) is 2. The molecule has 1 atom stereocenters. The highest BCUT2D eigenvalue weighted by molar-refractivity contribution is 7.99. The molecule has 0 bridgehead atoms. The van der Waals surface area contributed by atoms with E-state index in [4.69, 9.17) is 9.47 Å². The molecule has 4 rings (SSSR count). The minimum atomic E-state index is -0.117. The van der Waals surface area contributed by atoms with Crippen molar-refractivity contribution in [2.24, 2.45) is 0 Å². The molecule has 7 heteroatoms. The van der Waals surface area contributed by atoms with Gasteiger partial charge in [0, 0.05) is 6.54 Å². The predicted octanol–water partition coefficient (Wildman–Crippen LogP) is 3.80. The monoisotopic (exact) mass is 397 g/mol. The first kappa shape index (κ1) is 18.7. The van der Waals surface area contributed by atoms with Crippen LogP contribution < -0.4 is 14.8 Å².